The van der Waals surface area contributed by atoms with Crippen molar-refractivity contribution in [2.24, 2.45) is 0 Å². The molecule has 0 aliphatic heterocycles. The molecule has 0 bridgehead atoms. The molecule has 166 valence electrons. The van der Waals surface area contributed by atoms with E-state index in [1.165, 1.54) is 0 Å². The van der Waals surface area contributed by atoms with Crippen LogP contribution >= 0.6 is 0 Å². The van der Waals surface area contributed by atoms with Gasteiger partial charge in [-0.15, -0.1) is 0 Å². The summed E-state index contributed by atoms with van der Waals surface area (Å²) >= 11 is 0. The summed E-state index contributed by atoms with van der Waals surface area (Å²) < 4.78 is 5.08. The van der Waals surface area contributed by atoms with E-state index in [1.54, 1.807) is 54.9 Å². The number of likely N-dealkylation sites (N-methyl/N-ethyl adjacent to an activating group) is 1. The van der Waals surface area contributed by atoms with E-state index in [0.29, 0.717) is 29.2 Å². The predicted molar refractivity (Wildman–Crippen MR) is 124 cm³/mol. The van der Waals surface area contributed by atoms with Crippen LogP contribution in [0.1, 0.15) is 10.4 Å². The number of hydrogen-bond acceptors (Lipinski definition) is 8. The Morgan fingerprint density at radius 3 is 2.31 bits per heavy atom. The number of nitrogens with two attached hydrogens (primary N) is 2. The second kappa shape index (κ2) is 10.2. The van der Waals surface area contributed by atoms with Crippen LogP contribution in [-0.4, -0.2) is 54.1 Å². The topological polar surface area (TPSA) is 148 Å². The van der Waals surface area contributed by atoms with E-state index in [2.05, 4.69) is 20.6 Å². The van der Waals surface area contributed by atoms with Crippen molar-refractivity contribution in [2.45, 2.75) is 0 Å². The molecule has 0 saturated heterocycles. The van der Waals surface area contributed by atoms with Crippen molar-refractivity contribution in [3.63, 3.8) is 0 Å². The molecule has 3 rings (SSSR count). The molecule has 0 aliphatic rings. The van der Waals surface area contributed by atoms with Gasteiger partial charge in [-0.3, -0.25) is 10.1 Å². The van der Waals surface area contributed by atoms with Crippen molar-refractivity contribution >= 4 is 35.0 Å². The van der Waals surface area contributed by atoms with Crippen molar-refractivity contribution in [1.29, 1.82) is 0 Å². The molecule has 0 unspecified atom stereocenters. The Morgan fingerprint density at radius 1 is 0.969 bits per heavy atom. The van der Waals surface area contributed by atoms with E-state index >= 15 is 0 Å². The molecular formula is C22H25N7O3. The molecule has 0 spiro atoms. The minimum Gasteiger partial charge on any atom is -0.448 e. The second-order valence-corrected chi connectivity index (χ2v) is 7.23. The van der Waals surface area contributed by atoms with Gasteiger partial charge >= 0.3 is 6.09 Å². The maximum absolute atomic E-state index is 12.7. The van der Waals surface area contributed by atoms with Gasteiger partial charge in [-0.2, -0.15) is 0 Å². The first-order valence-corrected chi connectivity index (χ1v) is 9.79. The Bertz CT molecular complexity index is 1080. The van der Waals surface area contributed by atoms with E-state index in [9.17, 15) is 9.59 Å². The zero-order valence-electron chi connectivity index (χ0n) is 17.8. The van der Waals surface area contributed by atoms with Gasteiger partial charge in [0.05, 0.1) is 11.4 Å². The number of rotatable bonds is 7. The maximum Gasteiger partial charge on any atom is 0.411 e. The number of nitrogen functional groups attached to an aromatic ring is 2. The molecule has 2 aromatic carbocycles. The first kappa shape index (κ1) is 22.5. The first-order valence-electron chi connectivity index (χ1n) is 9.79. The van der Waals surface area contributed by atoms with Crippen molar-refractivity contribution in [1.82, 2.24) is 14.9 Å². The molecule has 2 amide bonds. The van der Waals surface area contributed by atoms with Crippen molar-refractivity contribution in [3.8, 4) is 11.1 Å². The third-order valence-corrected chi connectivity index (χ3v) is 4.47. The summed E-state index contributed by atoms with van der Waals surface area (Å²) in [5, 5.41) is 5.42. The van der Waals surface area contributed by atoms with Crippen LogP contribution in [-0.2, 0) is 4.74 Å². The lowest BCUT2D eigenvalue weighted by molar-refractivity contribution is 0.102. The number of carbonyl (C=O) groups excluding carboxylic acids is 2. The number of hydrogen-bond donors (Lipinski definition) is 4. The highest BCUT2D eigenvalue weighted by Gasteiger charge is 2.11. The second-order valence-electron chi connectivity index (χ2n) is 7.23. The molecule has 6 N–H and O–H groups in total. The monoisotopic (exact) mass is 435 g/mol. The highest BCUT2D eigenvalue weighted by Crippen LogP contribution is 2.27. The Balaban J connectivity index is 1.64. The van der Waals surface area contributed by atoms with Crippen LogP contribution in [0.4, 0.5) is 27.8 Å². The zero-order chi connectivity index (χ0) is 23.1. The van der Waals surface area contributed by atoms with E-state index in [1.807, 2.05) is 19.0 Å². The fourth-order valence-corrected chi connectivity index (χ4v) is 2.71. The molecule has 0 fully saturated rings. The van der Waals surface area contributed by atoms with Gasteiger partial charge in [0.1, 0.15) is 6.61 Å². The number of nitrogens with one attached hydrogen (secondary N) is 2. The summed E-state index contributed by atoms with van der Waals surface area (Å²) in [6.07, 6.45) is 2.63. The normalized spacial score (nSPS) is 10.6. The molecule has 10 nitrogen and oxygen atoms in total. The third kappa shape index (κ3) is 6.16. The number of nitrogens with zero attached hydrogens (tertiary/aromatic N) is 3. The summed E-state index contributed by atoms with van der Waals surface area (Å²) in [6.45, 7) is 0.907. The summed E-state index contributed by atoms with van der Waals surface area (Å²) in [7, 11) is 3.78. The SMILES string of the molecule is CN(C)CCOC(=O)Nc1ccc(C(=O)Nc2cc(-c3cnc(N)nc3)ccc2N)cc1. The van der Waals surface area contributed by atoms with E-state index in [-0.39, 0.29) is 18.5 Å². The van der Waals surface area contributed by atoms with Crippen LogP contribution < -0.4 is 22.1 Å². The minimum absolute atomic E-state index is 0.178. The first-order chi connectivity index (χ1) is 15.3. The fourth-order valence-electron chi connectivity index (χ4n) is 2.71. The average molecular weight is 435 g/mol. The van der Waals surface area contributed by atoms with Crippen LogP contribution in [0.3, 0.4) is 0 Å². The van der Waals surface area contributed by atoms with Crippen molar-refractivity contribution < 1.29 is 14.3 Å². The van der Waals surface area contributed by atoms with Gasteiger partial charge < -0.3 is 26.4 Å². The molecule has 3 aromatic rings. The summed E-state index contributed by atoms with van der Waals surface area (Å²) in [6, 6.07) is 11.7. The predicted octanol–water partition coefficient (Wildman–Crippen LogP) is 2.67. The van der Waals surface area contributed by atoms with Crippen LogP contribution in [0.25, 0.3) is 11.1 Å². The Hall–Kier alpha value is -4.18. The number of carbonyl (C=O) groups is 2. The highest BCUT2D eigenvalue weighted by atomic mass is 16.5. The molecular weight excluding hydrogens is 410 g/mol. The number of aromatic nitrogens is 2. The summed E-state index contributed by atoms with van der Waals surface area (Å²) in [5.41, 5.74) is 14.9. The molecule has 32 heavy (non-hydrogen) atoms. The van der Waals surface area contributed by atoms with Crippen LogP contribution in [0, 0.1) is 0 Å². The van der Waals surface area contributed by atoms with Gasteiger partial charge in [0, 0.05) is 35.8 Å². The highest BCUT2D eigenvalue weighted by molar-refractivity contribution is 6.06. The van der Waals surface area contributed by atoms with Crippen LogP contribution in [0.15, 0.2) is 54.9 Å². The molecule has 10 heteroatoms. The quantitative estimate of drug-likeness (QED) is 0.414. The van der Waals surface area contributed by atoms with Gasteiger partial charge in [0.15, 0.2) is 0 Å². The van der Waals surface area contributed by atoms with Gasteiger partial charge in [-0.1, -0.05) is 6.07 Å². The van der Waals surface area contributed by atoms with Crippen LogP contribution in [0.2, 0.25) is 0 Å². The zero-order valence-corrected chi connectivity index (χ0v) is 17.8. The standard InChI is InChI=1S/C22H25N7O3/c1-29(2)9-10-32-22(31)27-17-6-3-14(4-7-17)20(30)28-19-11-15(5-8-18(19)23)16-12-25-21(24)26-13-16/h3-8,11-13H,9-10,23H2,1-2H3,(H,27,31)(H,28,30)(H2,24,25,26). The number of ether oxygens (including phenoxy) is 1. The Labute approximate surface area is 185 Å². The smallest absolute Gasteiger partial charge is 0.411 e. The fraction of sp³-hybridized carbons (Fsp3) is 0.182. The molecule has 1 aromatic heterocycles. The van der Waals surface area contributed by atoms with Gasteiger partial charge in [0.25, 0.3) is 5.91 Å². The van der Waals surface area contributed by atoms with Gasteiger partial charge in [0.2, 0.25) is 5.95 Å². The Morgan fingerprint density at radius 2 is 1.66 bits per heavy atom. The average Bonchev–Trinajstić information content (AvgIpc) is 2.76. The Kier molecular flexibility index (Phi) is 7.19. The maximum atomic E-state index is 12.7. The van der Waals surface area contributed by atoms with Crippen molar-refractivity contribution in [3.05, 3.63) is 60.4 Å². The van der Waals surface area contributed by atoms with E-state index in [0.717, 1.165) is 11.1 Å². The largest absolute Gasteiger partial charge is 0.448 e. The van der Waals surface area contributed by atoms with Gasteiger partial charge in [-0.25, -0.2) is 14.8 Å². The summed E-state index contributed by atoms with van der Waals surface area (Å²) in [5.74, 6) is -0.167. The number of benzene rings is 2. The molecule has 0 aliphatic carbocycles. The van der Waals surface area contributed by atoms with Crippen LogP contribution in [0.5, 0.6) is 0 Å². The molecule has 0 atom stereocenters. The lowest BCUT2D eigenvalue weighted by Gasteiger charge is -2.12. The molecule has 1 heterocycles. The lowest BCUT2D eigenvalue weighted by atomic mass is 10.1. The number of amides is 2. The molecule has 0 saturated carbocycles. The van der Waals surface area contributed by atoms with Crippen molar-refractivity contribution in [2.75, 3.05) is 49.3 Å². The summed E-state index contributed by atoms with van der Waals surface area (Å²) in [4.78, 5) is 34.3. The molecule has 0 radical (unpaired) electrons. The number of anilines is 4. The lowest BCUT2D eigenvalue weighted by Crippen LogP contribution is -2.22. The van der Waals surface area contributed by atoms with E-state index < -0.39 is 6.09 Å². The third-order valence-electron chi connectivity index (χ3n) is 4.47. The van der Waals surface area contributed by atoms with E-state index in [4.69, 9.17) is 16.2 Å². The van der Waals surface area contributed by atoms with Gasteiger partial charge in [-0.05, 0) is 56.1 Å². The minimum atomic E-state index is -0.555.